The fraction of sp³-hybridized carbons (Fsp3) is 0.636. The minimum absolute atomic E-state index is 0.218. The Morgan fingerprint density at radius 3 is 2.60 bits per heavy atom. The number of nitrogens with zero attached hydrogens (tertiary/aromatic N) is 1. The molecule has 1 fully saturated rings. The van der Waals surface area contributed by atoms with Gasteiger partial charge < -0.3 is 10.1 Å². The highest BCUT2D eigenvalue weighted by Gasteiger charge is 2.33. The summed E-state index contributed by atoms with van der Waals surface area (Å²) in [5.41, 5.74) is 2.37. The summed E-state index contributed by atoms with van der Waals surface area (Å²) < 4.78 is 32.6. The van der Waals surface area contributed by atoms with Crippen LogP contribution < -0.4 is 5.32 Å². The number of carbonyl (C=O) groups excluding carboxylic acids is 2. The van der Waals surface area contributed by atoms with Gasteiger partial charge in [0.05, 0.1) is 11.5 Å². The maximum atomic E-state index is 13.0. The second-order valence-corrected chi connectivity index (χ2v) is 10.2. The smallest absolute Gasteiger partial charge is 0.328 e. The van der Waals surface area contributed by atoms with Crippen molar-refractivity contribution < 1.29 is 22.7 Å². The van der Waals surface area contributed by atoms with Crippen molar-refractivity contribution in [3.8, 4) is 0 Å². The molecule has 0 spiro atoms. The average Bonchev–Trinajstić information content (AvgIpc) is 3.21. The summed E-state index contributed by atoms with van der Waals surface area (Å²) in [6, 6.07) is 4.73. The molecule has 0 saturated carbocycles. The zero-order valence-electron chi connectivity index (χ0n) is 17.9. The molecule has 1 aliphatic carbocycles. The number of aryl methyl sites for hydroxylation is 2. The van der Waals surface area contributed by atoms with E-state index in [1.165, 1.54) is 9.87 Å². The van der Waals surface area contributed by atoms with Crippen LogP contribution in [0, 0.1) is 5.92 Å². The Morgan fingerprint density at radius 1 is 1.20 bits per heavy atom. The van der Waals surface area contributed by atoms with Gasteiger partial charge in [0.2, 0.25) is 15.9 Å². The summed E-state index contributed by atoms with van der Waals surface area (Å²) in [6.07, 6.45) is 5.62. The van der Waals surface area contributed by atoms with E-state index < -0.39 is 22.0 Å². The Hall–Kier alpha value is -1.93. The van der Waals surface area contributed by atoms with Gasteiger partial charge in [-0.05, 0) is 68.7 Å². The molecule has 1 atom stereocenters. The van der Waals surface area contributed by atoms with E-state index in [0.29, 0.717) is 37.4 Å². The molecule has 1 amide bonds. The number of benzene rings is 1. The van der Waals surface area contributed by atoms with Crippen LogP contribution in [0.5, 0.6) is 0 Å². The Morgan fingerprint density at radius 2 is 1.90 bits per heavy atom. The van der Waals surface area contributed by atoms with Crippen molar-refractivity contribution in [1.29, 1.82) is 0 Å². The standard InChI is InChI=1S/C22H32N2O5S/c1-3-4-14-29-22(26)16(2)23-21(25)18-10-12-24(13-11-18)30(27,28)20-9-8-17-6-5-7-19(17)15-20/h8-9,15-16,18H,3-7,10-14H2,1-2H3,(H,23,25)/t16-/m0/s1. The number of fused-ring (bicyclic) bond motifs is 1. The largest absolute Gasteiger partial charge is 0.464 e. The Labute approximate surface area is 179 Å². The van der Waals surface area contributed by atoms with E-state index in [2.05, 4.69) is 5.32 Å². The number of piperidine rings is 1. The van der Waals surface area contributed by atoms with Gasteiger partial charge in [0.15, 0.2) is 0 Å². The third-order valence-corrected chi connectivity index (χ3v) is 7.88. The number of ether oxygens (including phenoxy) is 1. The fourth-order valence-electron chi connectivity index (χ4n) is 4.05. The van der Waals surface area contributed by atoms with Crippen LogP contribution in [0.3, 0.4) is 0 Å². The first-order valence-electron chi connectivity index (χ1n) is 10.9. The number of unbranched alkanes of at least 4 members (excludes halogenated alkanes) is 1. The first-order valence-corrected chi connectivity index (χ1v) is 12.4. The maximum absolute atomic E-state index is 13.0. The number of rotatable bonds is 8. The third kappa shape index (κ3) is 5.21. The number of hydrogen-bond acceptors (Lipinski definition) is 5. The minimum atomic E-state index is -3.55. The van der Waals surface area contributed by atoms with Crippen LogP contribution in [0.15, 0.2) is 23.1 Å². The lowest BCUT2D eigenvalue weighted by Crippen LogP contribution is -2.46. The molecule has 0 unspecified atom stereocenters. The lowest BCUT2D eigenvalue weighted by molar-refractivity contribution is -0.148. The zero-order chi connectivity index (χ0) is 21.7. The van der Waals surface area contributed by atoms with Gasteiger partial charge in [0.25, 0.3) is 0 Å². The molecular formula is C22H32N2O5S. The zero-order valence-corrected chi connectivity index (χ0v) is 18.7. The van der Waals surface area contributed by atoms with Crippen LogP contribution in [0.2, 0.25) is 0 Å². The van der Waals surface area contributed by atoms with E-state index >= 15 is 0 Å². The van der Waals surface area contributed by atoms with E-state index in [1.807, 2.05) is 19.1 Å². The number of nitrogens with one attached hydrogen (secondary N) is 1. The summed E-state index contributed by atoms with van der Waals surface area (Å²) in [7, 11) is -3.55. The molecule has 8 heteroatoms. The number of amides is 1. The first-order chi connectivity index (χ1) is 14.3. The molecule has 1 aliphatic heterocycles. The average molecular weight is 437 g/mol. The Bertz CT molecular complexity index is 876. The molecule has 0 radical (unpaired) electrons. The lowest BCUT2D eigenvalue weighted by Gasteiger charge is -2.31. The maximum Gasteiger partial charge on any atom is 0.328 e. The van der Waals surface area contributed by atoms with Gasteiger partial charge in [0.1, 0.15) is 6.04 Å². The molecule has 0 aromatic heterocycles. The van der Waals surface area contributed by atoms with Crippen LogP contribution in [-0.2, 0) is 37.2 Å². The third-order valence-electron chi connectivity index (χ3n) is 5.99. The van der Waals surface area contributed by atoms with Gasteiger partial charge in [-0.1, -0.05) is 19.4 Å². The van der Waals surface area contributed by atoms with Gasteiger partial charge >= 0.3 is 5.97 Å². The molecule has 166 valence electrons. The van der Waals surface area contributed by atoms with Crippen molar-refractivity contribution in [3.63, 3.8) is 0 Å². The van der Waals surface area contributed by atoms with E-state index in [0.717, 1.165) is 37.7 Å². The topological polar surface area (TPSA) is 92.8 Å². The molecule has 3 rings (SSSR count). The van der Waals surface area contributed by atoms with Gasteiger partial charge in [-0.15, -0.1) is 0 Å². The second kappa shape index (κ2) is 9.92. The summed E-state index contributed by atoms with van der Waals surface area (Å²) in [4.78, 5) is 24.8. The highest BCUT2D eigenvalue weighted by atomic mass is 32.2. The molecular weight excluding hydrogens is 404 g/mol. The molecule has 30 heavy (non-hydrogen) atoms. The van der Waals surface area contributed by atoms with E-state index in [4.69, 9.17) is 4.74 Å². The molecule has 0 bridgehead atoms. The molecule has 2 aliphatic rings. The van der Waals surface area contributed by atoms with Crippen LogP contribution in [0.4, 0.5) is 0 Å². The number of carbonyl (C=O) groups is 2. The van der Waals surface area contributed by atoms with Crippen molar-refractivity contribution in [2.45, 2.75) is 69.7 Å². The van der Waals surface area contributed by atoms with Gasteiger partial charge in [-0.2, -0.15) is 4.31 Å². The predicted octanol–water partition coefficient (Wildman–Crippen LogP) is 2.42. The normalized spacial score (nSPS) is 18.6. The predicted molar refractivity (Wildman–Crippen MR) is 113 cm³/mol. The van der Waals surface area contributed by atoms with Gasteiger partial charge in [-0.25, -0.2) is 13.2 Å². The molecule has 1 aromatic rings. The van der Waals surface area contributed by atoms with Crippen molar-refractivity contribution >= 4 is 21.9 Å². The molecule has 7 nitrogen and oxygen atoms in total. The molecule has 1 aromatic carbocycles. The number of sulfonamides is 1. The van der Waals surface area contributed by atoms with Crippen molar-refractivity contribution in [1.82, 2.24) is 9.62 Å². The van der Waals surface area contributed by atoms with Crippen molar-refractivity contribution in [3.05, 3.63) is 29.3 Å². The van der Waals surface area contributed by atoms with Crippen LogP contribution in [-0.4, -0.2) is 50.3 Å². The quantitative estimate of drug-likeness (QED) is 0.499. The van der Waals surface area contributed by atoms with E-state index in [-0.39, 0.29) is 11.8 Å². The number of esters is 1. The fourth-order valence-corrected chi connectivity index (χ4v) is 5.57. The molecule has 1 heterocycles. The molecule has 1 N–H and O–H groups in total. The molecule has 1 saturated heterocycles. The summed E-state index contributed by atoms with van der Waals surface area (Å²) in [5, 5.41) is 2.71. The van der Waals surface area contributed by atoms with Crippen molar-refractivity contribution in [2.24, 2.45) is 5.92 Å². The Kier molecular flexibility index (Phi) is 7.52. The SMILES string of the molecule is CCCCOC(=O)[C@H](C)NC(=O)C1CCN(S(=O)(=O)c2ccc3c(c2)CCC3)CC1. The summed E-state index contributed by atoms with van der Waals surface area (Å²) >= 11 is 0. The summed E-state index contributed by atoms with van der Waals surface area (Å²) in [6.45, 7) is 4.57. The minimum Gasteiger partial charge on any atom is -0.464 e. The van der Waals surface area contributed by atoms with E-state index in [1.54, 1.807) is 13.0 Å². The highest BCUT2D eigenvalue weighted by molar-refractivity contribution is 7.89. The van der Waals surface area contributed by atoms with Crippen LogP contribution in [0.25, 0.3) is 0 Å². The monoisotopic (exact) mass is 436 g/mol. The van der Waals surface area contributed by atoms with Crippen molar-refractivity contribution in [2.75, 3.05) is 19.7 Å². The second-order valence-electron chi connectivity index (χ2n) is 8.21. The summed E-state index contributed by atoms with van der Waals surface area (Å²) in [5.74, 6) is -0.958. The van der Waals surface area contributed by atoms with E-state index in [9.17, 15) is 18.0 Å². The van der Waals surface area contributed by atoms with Crippen LogP contribution >= 0.6 is 0 Å². The van der Waals surface area contributed by atoms with Gasteiger partial charge in [0, 0.05) is 19.0 Å². The Balaban J connectivity index is 1.52. The lowest BCUT2D eigenvalue weighted by atomic mass is 9.97. The van der Waals surface area contributed by atoms with Crippen LogP contribution in [0.1, 0.15) is 57.1 Å². The highest BCUT2D eigenvalue weighted by Crippen LogP contribution is 2.28. The van der Waals surface area contributed by atoms with Gasteiger partial charge in [-0.3, -0.25) is 4.79 Å². The number of hydrogen-bond donors (Lipinski definition) is 1. The first kappa shape index (κ1) is 22.7.